The molecule has 150 valence electrons. The fourth-order valence-electron chi connectivity index (χ4n) is 2.61. The van der Waals surface area contributed by atoms with Crippen LogP contribution in [0.1, 0.15) is 27.3 Å². The first kappa shape index (κ1) is 20.9. The van der Waals surface area contributed by atoms with Gasteiger partial charge in [-0.25, -0.2) is 4.98 Å². The minimum atomic E-state index is -0.236. The van der Waals surface area contributed by atoms with E-state index in [9.17, 15) is 9.59 Å². The predicted molar refractivity (Wildman–Crippen MR) is 114 cm³/mol. The third-order valence-corrected chi connectivity index (χ3v) is 5.21. The maximum Gasteiger partial charge on any atom is 0.251 e. The van der Waals surface area contributed by atoms with E-state index in [4.69, 9.17) is 11.6 Å². The minimum Gasteiger partial charge on any atom is -0.345 e. The molecule has 3 rings (SSSR count). The van der Waals surface area contributed by atoms with E-state index in [1.165, 1.54) is 11.8 Å². The van der Waals surface area contributed by atoms with Crippen LogP contribution in [0.3, 0.4) is 0 Å². The van der Waals surface area contributed by atoms with E-state index < -0.39 is 0 Å². The highest BCUT2D eigenvalue weighted by molar-refractivity contribution is 7.99. The Morgan fingerprint density at radius 2 is 1.79 bits per heavy atom. The molecule has 0 bridgehead atoms. The van der Waals surface area contributed by atoms with Crippen molar-refractivity contribution in [3.8, 4) is 0 Å². The average Bonchev–Trinajstić information content (AvgIpc) is 3.16. The van der Waals surface area contributed by atoms with Crippen LogP contribution >= 0.6 is 23.4 Å². The maximum absolute atomic E-state index is 12.2. The van der Waals surface area contributed by atoms with E-state index >= 15 is 0 Å². The molecule has 0 spiro atoms. The number of nitrogens with one attached hydrogen (secondary N) is 3. The molecule has 2 amide bonds. The molecule has 7 nitrogen and oxygen atoms in total. The monoisotopic (exact) mass is 429 g/mol. The van der Waals surface area contributed by atoms with Crippen LogP contribution < -0.4 is 10.6 Å². The minimum absolute atomic E-state index is 0.130. The summed E-state index contributed by atoms with van der Waals surface area (Å²) in [6.45, 7) is 4.11. The lowest BCUT2D eigenvalue weighted by Crippen LogP contribution is -2.23. The number of aromatic nitrogens is 3. The standard InChI is InChI=1S/C20H20ClN5O2S/c1-12-4-3-5-13(2)18(12)24-17(27)11-29-20-23-16(25-26-20)10-22-19(28)14-6-8-15(21)9-7-14/h3-9H,10-11H2,1-2H3,(H,22,28)(H,24,27)(H,23,25,26). The van der Waals surface area contributed by atoms with Gasteiger partial charge in [0.25, 0.3) is 5.91 Å². The summed E-state index contributed by atoms with van der Waals surface area (Å²) in [6, 6.07) is 12.5. The van der Waals surface area contributed by atoms with E-state index in [-0.39, 0.29) is 24.1 Å². The Hall–Kier alpha value is -2.84. The van der Waals surface area contributed by atoms with E-state index in [0.717, 1.165) is 16.8 Å². The maximum atomic E-state index is 12.2. The Labute approximate surface area is 177 Å². The quantitative estimate of drug-likeness (QED) is 0.497. The molecular formula is C20H20ClN5O2S. The lowest BCUT2D eigenvalue weighted by molar-refractivity contribution is -0.113. The number of carbonyl (C=O) groups is 2. The van der Waals surface area contributed by atoms with Gasteiger partial charge in [-0.15, -0.1) is 5.10 Å². The van der Waals surface area contributed by atoms with Crippen molar-refractivity contribution < 1.29 is 9.59 Å². The number of aromatic amines is 1. The number of nitrogens with zero attached hydrogens (tertiary/aromatic N) is 2. The van der Waals surface area contributed by atoms with Crippen LogP contribution in [-0.4, -0.2) is 32.7 Å². The molecule has 0 aliphatic rings. The van der Waals surface area contributed by atoms with Gasteiger partial charge in [-0.05, 0) is 49.2 Å². The van der Waals surface area contributed by atoms with Gasteiger partial charge in [-0.3, -0.25) is 14.7 Å². The number of rotatable bonds is 7. The summed E-state index contributed by atoms with van der Waals surface area (Å²) in [4.78, 5) is 28.6. The van der Waals surface area contributed by atoms with Crippen LogP contribution in [-0.2, 0) is 11.3 Å². The van der Waals surface area contributed by atoms with Crippen LogP contribution in [0.25, 0.3) is 0 Å². The van der Waals surface area contributed by atoms with Crippen molar-refractivity contribution in [2.45, 2.75) is 25.5 Å². The van der Waals surface area contributed by atoms with Gasteiger partial charge in [0, 0.05) is 16.3 Å². The van der Waals surface area contributed by atoms with Crippen molar-refractivity contribution in [3.63, 3.8) is 0 Å². The van der Waals surface area contributed by atoms with Crippen LogP contribution in [0, 0.1) is 13.8 Å². The van der Waals surface area contributed by atoms with Gasteiger partial charge in [0.15, 0.2) is 0 Å². The molecule has 0 fully saturated rings. The van der Waals surface area contributed by atoms with Gasteiger partial charge in [-0.2, -0.15) is 0 Å². The molecule has 0 aliphatic carbocycles. The molecule has 0 radical (unpaired) electrons. The second-order valence-corrected chi connectivity index (χ2v) is 7.74. The summed E-state index contributed by atoms with van der Waals surface area (Å²) in [5.41, 5.74) is 3.37. The number of carbonyl (C=O) groups excluding carboxylic acids is 2. The zero-order valence-electron chi connectivity index (χ0n) is 16.0. The molecule has 1 heterocycles. The second-order valence-electron chi connectivity index (χ2n) is 6.36. The highest BCUT2D eigenvalue weighted by Crippen LogP contribution is 2.20. The van der Waals surface area contributed by atoms with E-state index in [1.54, 1.807) is 24.3 Å². The smallest absolute Gasteiger partial charge is 0.251 e. The van der Waals surface area contributed by atoms with Crippen LogP contribution in [0.4, 0.5) is 5.69 Å². The molecule has 29 heavy (non-hydrogen) atoms. The number of hydrogen-bond acceptors (Lipinski definition) is 5. The number of H-pyrrole nitrogens is 1. The fourth-order valence-corrected chi connectivity index (χ4v) is 3.35. The topological polar surface area (TPSA) is 99.8 Å². The molecule has 9 heteroatoms. The van der Waals surface area contributed by atoms with Crippen LogP contribution in [0.15, 0.2) is 47.6 Å². The fraction of sp³-hybridized carbons (Fsp3) is 0.200. The molecule has 2 aromatic carbocycles. The number of amides is 2. The van der Waals surface area contributed by atoms with E-state index in [0.29, 0.717) is 21.6 Å². The Morgan fingerprint density at radius 3 is 2.48 bits per heavy atom. The second kappa shape index (κ2) is 9.58. The summed E-state index contributed by atoms with van der Waals surface area (Å²) < 4.78 is 0. The number of thioether (sulfide) groups is 1. The first-order chi connectivity index (χ1) is 13.9. The Kier molecular flexibility index (Phi) is 6.90. The number of aryl methyl sites for hydroxylation is 2. The summed E-state index contributed by atoms with van der Waals surface area (Å²) in [6.07, 6.45) is 0. The number of anilines is 1. The molecule has 0 saturated heterocycles. The summed E-state index contributed by atoms with van der Waals surface area (Å²) in [7, 11) is 0. The van der Waals surface area contributed by atoms with Crippen molar-refractivity contribution in [2.24, 2.45) is 0 Å². The van der Waals surface area contributed by atoms with Crippen molar-refractivity contribution in [1.29, 1.82) is 0 Å². The van der Waals surface area contributed by atoms with Gasteiger partial charge in [0.2, 0.25) is 11.1 Å². The van der Waals surface area contributed by atoms with Gasteiger partial charge in [0.05, 0.1) is 12.3 Å². The summed E-state index contributed by atoms with van der Waals surface area (Å²) in [5, 5.41) is 13.5. The Bertz CT molecular complexity index is 1000. The number of halogens is 1. The summed E-state index contributed by atoms with van der Waals surface area (Å²) in [5.74, 6) is 0.322. The third kappa shape index (κ3) is 5.82. The van der Waals surface area contributed by atoms with Gasteiger partial charge < -0.3 is 10.6 Å². The van der Waals surface area contributed by atoms with E-state index in [1.807, 2.05) is 32.0 Å². The highest BCUT2D eigenvalue weighted by atomic mass is 35.5. The predicted octanol–water partition coefficient (Wildman–Crippen LogP) is 3.74. The normalized spacial score (nSPS) is 10.6. The lowest BCUT2D eigenvalue weighted by Gasteiger charge is -2.10. The van der Waals surface area contributed by atoms with Crippen molar-refractivity contribution in [3.05, 3.63) is 70.0 Å². The first-order valence-corrected chi connectivity index (χ1v) is 10.2. The first-order valence-electron chi connectivity index (χ1n) is 8.86. The molecule has 1 aromatic heterocycles. The van der Waals surface area contributed by atoms with Gasteiger partial charge in [-0.1, -0.05) is 41.6 Å². The Balaban J connectivity index is 1.48. The van der Waals surface area contributed by atoms with E-state index in [2.05, 4.69) is 25.8 Å². The lowest BCUT2D eigenvalue weighted by atomic mass is 10.1. The van der Waals surface area contributed by atoms with Gasteiger partial charge in [0.1, 0.15) is 5.82 Å². The SMILES string of the molecule is Cc1cccc(C)c1NC(=O)CSc1n[nH]c(CNC(=O)c2ccc(Cl)cc2)n1. The zero-order chi connectivity index (χ0) is 20.8. The zero-order valence-corrected chi connectivity index (χ0v) is 17.5. The van der Waals surface area contributed by atoms with Crippen LogP contribution in [0.2, 0.25) is 5.02 Å². The van der Waals surface area contributed by atoms with Crippen LogP contribution in [0.5, 0.6) is 0 Å². The van der Waals surface area contributed by atoms with Gasteiger partial charge >= 0.3 is 0 Å². The average molecular weight is 430 g/mol. The molecule has 3 aromatic rings. The number of para-hydroxylation sites is 1. The summed E-state index contributed by atoms with van der Waals surface area (Å²) >= 11 is 7.04. The molecule has 0 aliphatic heterocycles. The van der Waals surface area contributed by atoms with Crippen molar-refractivity contribution >= 4 is 40.9 Å². The van der Waals surface area contributed by atoms with Crippen molar-refractivity contribution in [1.82, 2.24) is 20.5 Å². The van der Waals surface area contributed by atoms with Crippen molar-refractivity contribution in [2.75, 3.05) is 11.1 Å². The number of benzene rings is 2. The molecule has 0 unspecified atom stereocenters. The largest absolute Gasteiger partial charge is 0.345 e. The molecule has 0 saturated carbocycles. The number of hydrogen-bond donors (Lipinski definition) is 3. The molecular weight excluding hydrogens is 410 g/mol. The Morgan fingerprint density at radius 1 is 1.10 bits per heavy atom. The molecule has 0 atom stereocenters. The highest BCUT2D eigenvalue weighted by Gasteiger charge is 2.11. The molecule has 3 N–H and O–H groups in total. The third-order valence-electron chi connectivity index (χ3n) is 4.11.